The van der Waals surface area contributed by atoms with E-state index in [1.807, 2.05) is 6.92 Å². The van der Waals surface area contributed by atoms with Gasteiger partial charge in [0, 0.05) is 5.56 Å². The second kappa shape index (κ2) is 7.17. The molecule has 1 amide bonds. The Hall–Kier alpha value is -2.22. The topological polar surface area (TPSA) is 71.3 Å². The zero-order chi connectivity index (χ0) is 16.0. The van der Waals surface area contributed by atoms with Crippen LogP contribution >= 0.6 is 0 Å². The first kappa shape index (κ1) is 16.2. The van der Waals surface area contributed by atoms with Gasteiger partial charge in [-0.15, -0.1) is 0 Å². The summed E-state index contributed by atoms with van der Waals surface area (Å²) in [7, 11) is 1.54. The molecule has 0 aliphatic heterocycles. The fourth-order valence-electron chi connectivity index (χ4n) is 2.79. The van der Waals surface area contributed by atoms with Crippen molar-refractivity contribution in [3.63, 3.8) is 0 Å². The molecule has 118 valence electrons. The number of methoxy groups -OCH3 is 1. The van der Waals surface area contributed by atoms with E-state index < -0.39 is 5.54 Å². The predicted molar refractivity (Wildman–Crippen MR) is 83.1 cm³/mol. The second-order valence-electron chi connectivity index (χ2n) is 5.51. The number of nitrogens with one attached hydrogen (secondary N) is 1. The Kier molecular flexibility index (Phi) is 5.26. The van der Waals surface area contributed by atoms with Gasteiger partial charge in [0.05, 0.1) is 19.8 Å². The zero-order valence-electron chi connectivity index (χ0n) is 13.1. The van der Waals surface area contributed by atoms with Crippen LogP contribution in [0, 0.1) is 11.3 Å². The zero-order valence-corrected chi connectivity index (χ0v) is 13.1. The Bertz CT molecular complexity index is 572. The van der Waals surface area contributed by atoms with Crippen molar-refractivity contribution < 1.29 is 14.3 Å². The highest BCUT2D eigenvalue weighted by Gasteiger charge is 2.33. The average molecular weight is 302 g/mol. The highest BCUT2D eigenvalue weighted by atomic mass is 16.5. The molecule has 0 heterocycles. The first-order valence-electron chi connectivity index (χ1n) is 7.69. The first-order valence-corrected chi connectivity index (χ1v) is 7.69. The molecule has 1 fully saturated rings. The molecule has 1 aliphatic carbocycles. The normalized spacial score (nSPS) is 16.4. The van der Waals surface area contributed by atoms with Crippen LogP contribution in [0.15, 0.2) is 18.2 Å². The maximum Gasteiger partial charge on any atom is 0.252 e. The lowest BCUT2D eigenvalue weighted by atomic mass is 9.82. The largest absolute Gasteiger partial charge is 0.493 e. The Morgan fingerprint density at radius 1 is 1.32 bits per heavy atom. The van der Waals surface area contributed by atoms with E-state index in [1.165, 1.54) is 7.11 Å². The summed E-state index contributed by atoms with van der Waals surface area (Å²) in [6.07, 6.45) is 4.49. The van der Waals surface area contributed by atoms with Gasteiger partial charge in [-0.3, -0.25) is 4.79 Å². The van der Waals surface area contributed by atoms with E-state index in [-0.39, 0.29) is 5.91 Å². The lowest BCUT2D eigenvalue weighted by Crippen LogP contribution is -2.48. The molecule has 0 atom stereocenters. The standard InChI is InChI=1S/C17H22N2O3/c1-3-22-14-8-7-13(11-15(14)21-2)16(20)19-17(12-18)9-5-4-6-10-17/h7-8,11H,3-6,9-10H2,1-2H3,(H,19,20). The molecule has 1 aromatic rings. The molecule has 0 bridgehead atoms. The number of nitriles is 1. The molecule has 0 unspecified atom stereocenters. The quantitative estimate of drug-likeness (QED) is 0.907. The summed E-state index contributed by atoms with van der Waals surface area (Å²) < 4.78 is 10.7. The number of carbonyl (C=O) groups is 1. The Morgan fingerprint density at radius 2 is 2.05 bits per heavy atom. The van der Waals surface area contributed by atoms with E-state index >= 15 is 0 Å². The van der Waals surface area contributed by atoms with E-state index in [4.69, 9.17) is 9.47 Å². The Balaban J connectivity index is 2.17. The molecule has 1 aromatic carbocycles. The number of benzene rings is 1. The van der Waals surface area contributed by atoms with Gasteiger partial charge in [-0.05, 0) is 38.0 Å². The van der Waals surface area contributed by atoms with Gasteiger partial charge in [-0.1, -0.05) is 19.3 Å². The fraction of sp³-hybridized carbons (Fsp3) is 0.529. The van der Waals surface area contributed by atoms with Crippen LogP contribution in [0.1, 0.15) is 49.4 Å². The van der Waals surface area contributed by atoms with Crippen LogP contribution < -0.4 is 14.8 Å². The highest BCUT2D eigenvalue weighted by Crippen LogP contribution is 2.30. The Morgan fingerprint density at radius 3 is 2.64 bits per heavy atom. The lowest BCUT2D eigenvalue weighted by Gasteiger charge is -2.31. The minimum absolute atomic E-state index is 0.246. The summed E-state index contributed by atoms with van der Waals surface area (Å²) >= 11 is 0. The molecule has 0 spiro atoms. The molecule has 5 nitrogen and oxygen atoms in total. The highest BCUT2D eigenvalue weighted by molar-refractivity contribution is 5.95. The van der Waals surface area contributed by atoms with Crippen LogP contribution in [0.5, 0.6) is 11.5 Å². The summed E-state index contributed by atoms with van der Waals surface area (Å²) in [6, 6.07) is 7.35. The van der Waals surface area contributed by atoms with E-state index in [0.29, 0.717) is 36.5 Å². The summed E-state index contributed by atoms with van der Waals surface area (Å²) in [5.41, 5.74) is -0.262. The van der Waals surface area contributed by atoms with Crippen molar-refractivity contribution in [1.82, 2.24) is 5.32 Å². The molecule has 2 rings (SSSR count). The number of hydrogen-bond acceptors (Lipinski definition) is 4. The fourth-order valence-corrected chi connectivity index (χ4v) is 2.79. The minimum atomic E-state index is -0.735. The molecular formula is C17H22N2O3. The van der Waals surface area contributed by atoms with Gasteiger partial charge < -0.3 is 14.8 Å². The molecule has 0 aromatic heterocycles. The molecule has 0 saturated heterocycles. The van der Waals surface area contributed by atoms with Crippen LogP contribution in [0.25, 0.3) is 0 Å². The second-order valence-corrected chi connectivity index (χ2v) is 5.51. The number of ether oxygens (including phenoxy) is 2. The summed E-state index contributed by atoms with van der Waals surface area (Å²) in [6.45, 7) is 2.42. The van der Waals surface area contributed by atoms with Crippen LogP contribution in [0.2, 0.25) is 0 Å². The van der Waals surface area contributed by atoms with Gasteiger partial charge in [0.15, 0.2) is 11.5 Å². The number of hydrogen-bond donors (Lipinski definition) is 1. The van der Waals surface area contributed by atoms with Crippen molar-refractivity contribution in [1.29, 1.82) is 5.26 Å². The summed E-state index contributed by atoms with van der Waals surface area (Å²) in [5.74, 6) is 0.878. The van der Waals surface area contributed by atoms with Crippen LogP contribution in [0.3, 0.4) is 0 Å². The van der Waals surface area contributed by atoms with Crippen LogP contribution in [-0.4, -0.2) is 25.2 Å². The van der Waals surface area contributed by atoms with Crippen LogP contribution in [0.4, 0.5) is 0 Å². The Labute approximate surface area is 131 Å². The van der Waals surface area contributed by atoms with Crippen LogP contribution in [-0.2, 0) is 0 Å². The van der Waals surface area contributed by atoms with Gasteiger partial charge in [0.1, 0.15) is 5.54 Å². The minimum Gasteiger partial charge on any atom is -0.493 e. The molecular weight excluding hydrogens is 280 g/mol. The van der Waals surface area contributed by atoms with Gasteiger partial charge in [-0.2, -0.15) is 5.26 Å². The van der Waals surface area contributed by atoms with Crippen molar-refractivity contribution in [3.05, 3.63) is 23.8 Å². The number of rotatable bonds is 5. The number of amides is 1. The van der Waals surface area contributed by atoms with E-state index in [9.17, 15) is 10.1 Å². The third-order valence-electron chi connectivity index (χ3n) is 4.00. The molecule has 1 N–H and O–H groups in total. The predicted octanol–water partition coefficient (Wildman–Crippen LogP) is 3.05. The summed E-state index contributed by atoms with van der Waals surface area (Å²) in [5, 5.41) is 12.3. The maximum absolute atomic E-state index is 12.5. The molecule has 5 heteroatoms. The van der Waals surface area contributed by atoms with Gasteiger partial charge >= 0.3 is 0 Å². The number of carbonyl (C=O) groups excluding carboxylic acids is 1. The number of nitrogens with zero attached hydrogens (tertiary/aromatic N) is 1. The van der Waals surface area contributed by atoms with Crippen molar-refractivity contribution in [2.75, 3.05) is 13.7 Å². The van der Waals surface area contributed by atoms with Gasteiger partial charge in [-0.25, -0.2) is 0 Å². The third kappa shape index (κ3) is 3.51. The average Bonchev–Trinajstić information content (AvgIpc) is 2.56. The third-order valence-corrected chi connectivity index (χ3v) is 4.00. The maximum atomic E-state index is 12.5. The van der Waals surface area contributed by atoms with Crippen molar-refractivity contribution in [3.8, 4) is 17.6 Å². The van der Waals surface area contributed by atoms with Gasteiger partial charge in [0.25, 0.3) is 5.91 Å². The summed E-state index contributed by atoms with van der Waals surface area (Å²) in [4.78, 5) is 12.5. The molecule has 22 heavy (non-hydrogen) atoms. The molecule has 1 aliphatic rings. The van der Waals surface area contributed by atoms with E-state index in [1.54, 1.807) is 18.2 Å². The smallest absolute Gasteiger partial charge is 0.252 e. The van der Waals surface area contributed by atoms with E-state index in [2.05, 4.69) is 11.4 Å². The van der Waals surface area contributed by atoms with Crippen molar-refractivity contribution >= 4 is 5.91 Å². The van der Waals surface area contributed by atoms with Gasteiger partial charge in [0.2, 0.25) is 0 Å². The molecule has 1 saturated carbocycles. The van der Waals surface area contributed by atoms with Crippen molar-refractivity contribution in [2.24, 2.45) is 0 Å². The van der Waals surface area contributed by atoms with E-state index in [0.717, 1.165) is 19.3 Å². The lowest BCUT2D eigenvalue weighted by molar-refractivity contribution is 0.0902. The van der Waals surface area contributed by atoms with Crippen molar-refractivity contribution in [2.45, 2.75) is 44.6 Å². The SMILES string of the molecule is CCOc1ccc(C(=O)NC2(C#N)CCCCC2)cc1OC. The molecule has 0 radical (unpaired) electrons. The first-order chi connectivity index (χ1) is 10.6. The monoisotopic (exact) mass is 302 g/mol.